The molecule has 0 radical (unpaired) electrons. The summed E-state index contributed by atoms with van der Waals surface area (Å²) in [6.07, 6.45) is 0.125. The van der Waals surface area contributed by atoms with Crippen LogP contribution < -0.4 is 4.72 Å². The van der Waals surface area contributed by atoms with Crippen molar-refractivity contribution in [3.8, 4) is 5.69 Å². The van der Waals surface area contributed by atoms with E-state index in [4.69, 9.17) is 11.6 Å². The highest BCUT2D eigenvalue weighted by Gasteiger charge is 2.37. The molecule has 1 aromatic heterocycles. The number of imidazole rings is 1. The fourth-order valence-corrected chi connectivity index (χ4v) is 4.28. The highest BCUT2D eigenvalue weighted by molar-refractivity contribution is 7.89. The number of benzene rings is 2. The fraction of sp³-hybridized carbons (Fsp3) is 0.167. The third kappa shape index (κ3) is 4.37. The van der Waals surface area contributed by atoms with Crippen molar-refractivity contribution in [2.45, 2.75) is 24.0 Å². The lowest BCUT2D eigenvalue weighted by Gasteiger charge is -2.18. The molecular formula is C18H15ClF3N3O2S. The largest absolute Gasteiger partial charge is 0.417 e. The van der Waals surface area contributed by atoms with Gasteiger partial charge in [-0.15, -0.1) is 0 Å². The Hall–Kier alpha value is -2.36. The van der Waals surface area contributed by atoms with Crippen LogP contribution in [0.2, 0.25) is 5.02 Å². The Kier molecular flexibility index (Phi) is 5.51. The quantitative estimate of drug-likeness (QED) is 0.645. The summed E-state index contributed by atoms with van der Waals surface area (Å²) in [5.41, 5.74) is 0.0958. The minimum atomic E-state index is -4.86. The van der Waals surface area contributed by atoms with Gasteiger partial charge in [0, 0.05) is 29.1 Å². The molecule has 1 heterocycles. The Labute approximate surface area is 164 Å². The van der Waals surface area contributed by atoms with E-state index in [1.54, 1.807) is 54.5 Å². The normalized spacial score (nSPS) is 13.5. The average Bonchev–Trinajstić information content (AvgIpc) is 3.15. The van der Waals surface area contributed by atoms with Crippen LogP contribution in [0.1, 0.15) is 24.1 Å². The van der Waals surface area contributed by atoms with E-state index in [1.807, 2.05) is 0 Å². The highest BCUT2D eigenvalue weighted by Crippen LogP contribution is 2.36. The molecule has 0 saturated carbocycles. The lowest BCUT2D eigenvalue weighted by Crippen LogP contribution is -2.29. The molecule has 0 fully saturated rings. The molecule has 1 atom stereocenters. The van der Waals surface area contributed by atoms with Crippen molar-refractivity contribution < 1.29 is 21.6 Å². The Morgan fingerprint density at radius 2 is 1.82 bits per heavy atom. The van der Waals surface area contributed by atoms with E-state index in [0.717, 1.165) is 17.8 Å². The molecule has 3 aromatic rings. The number of rotatable bonds is 5. The Bertz CT molecular complexity index is 1070. The minimum Gasteiger partial charge on any atom is -0.306 e. The van der Waals surface area contributed by atoms with Crippen LogP contribution in [0.3, 0.4) is 0 Å². The van der Waals surface area contributed by atoms with Crippen LogP contribution in [0, 0.1) is 0 Å². The lowest BCUT2D eigenvalue weighted by molar-refractivity contribution is -0.139. The SMILES string of the molecule is C[C@H](NS(=O)(=O)c1ccc(Cl)cc1C(F)(F)F)c1ccc(-n2ccnc2)cc1. The van der Waals surface area contributed by atoms with Gasteiger partial charge in [0.2, 0.25) is 10.0 Å². The zero-order valence-electron chi connectivity index (χ0n) is 14.5. The molecule has 148 valence electrons. The van der Waals surface area contributed by atoms with Crippen LogP contribution in [0.25, 0.3) is 5.69 Å². The molecule has 1 N–H and O–H groups in total. The van der Waals surface area contributed by atoms with E-state index in [9.17, 15) is 21.6 Å². The second kappa shape index (κ2) is 7.57. The van der Waals surface area contributed by atoms with Gasteiger partial charge in [-0.2, -0.15) is 13.2 Å². The second-order valence-corrected chi connectivity index (χ2v) is 8.16. The lowest BCUT2D eigenvalue weighted by atomic mass is 10.1. The van der Waals surface area contributed by atoms with Gasteiger partial charge in [-0.05, 0) is 42.8 Å². The van der Waals surface area contributed by atoms with E-state index in [-0.39, 0.29) is 5.02 Å². The predicted molar refractivity (Wildman–Crippen MR) is 98.8 cm³/mol. The van der Waals surface area contributed by atoms with E-state index in [2.05, 4.69) is 9.71 Å². The number of hydrogen-bond acceptors (Lipinski definition) is 3. The van der Waals surface area contributed by atoms with Crippen molar-refractivity contribution >= 4 is 21.6 Å². The smallest absolute Gasteiger partial charge is 0.306 e. The van der Waals surface area contributed by atoms with Crippen molar-refractivity contribution in [2.24, 2.45) is 0 Å². The highest BCUT2D eigenvalue weighted by atomic mass is 35.5. The standard InChI is InChI=1S/C18H15ClF3N3O2S/c1-12(13-2-5-15(6-3-13)25-9-8-23-11-25)24-28(26,27)17-7-4-14(19)10-16(17)18(20,21)22/h2-12,24H,1H3/t12-/m0/s1. The number of hydrogen-bond donors (Lipinski definition) is 1. The molecular weight excluding hydrogens is 415 g/mol. The summed E-state index contributed by atoms with van der Waals surface area (Å²) in [4.78, 5) is 3.07. The first-order chi connectivity index (χ1) is 13.1. The fourth-order valence-electron chi connectivity index (χ4n) is 2.67. The molecule has 0 aliphatic heterocycles. The minimum absolute atomic E-state index is 0.200. The van der Waals surface area contributed by atoms with Gasteiger partial charge in [0.25, 0.3) is 0 Å². The number of sulfonamides is 1. The van der Waals surface area contributed by atoms with Gasteiger partial charge in [-0.25, -0.2) is 18.1 Å². The van der Waals surface area contributed by atoms with Crippen LogP contribution in [-0.2, 0) is 16.2 Å². The van der Waals surface area contributed by atoms with Crippen molar-refractivity contribution in [3.05, 3.63) is 77.3 Å². The third-order valence-corrected chi connectivity index (χ3v) is 5.90. The van der Waals surface area contributed by atoms with Gasteiger partial charge in [-0.1, -0.05) is 23.7 Å². The van der Waals surface area contributed by atoms with Crippen LogP contribution in [0.4, 0.5) is 13.2 Å². The molecule has 0 bridgehead atoms. The van der Waals surface area contributed by atoms with Crippen molar-refractivity contribution in [1.29, 1.82) is 0 Å². The monoisotopic (exact) mass is 429 g/mol. The molecule has 3 rings (SSSR count). The summed E-state index contributed by atoms with van der Waals surface area (Å²) < 4.78 is 68.9. The van der Waals surface area contributed by atoms with Gasteiger partial charge >= 0.3 is 6.18 Å². The first-order valence-corrected chi connectivity index (χ1v) is 9.91. The maximum absolute atomic E-state index is 13.2. The number of aromatic nitrogens is 2. The molecule has 0 saturated heterocycles. The summed E-state index contributed by atoms with van der Waals surface area (Å²) >= 11 is 5.61. The van der Waals surface area contributed by atoms with Crippen molar-refractivity contribution in [3.63, 3.8) is 0 Å². The first-order valence-electron chi connectivity index (χ1n) is 8.05. The molecule has 10 heteroatoms. The van der Waals surface area contributed by atoms with E-state index in [1.165, 1.54) is 0 Å². The van der Waals surface area contributed by atoms with E-state index < -0.39 is 32.7 Å². The number of alkyl halides is 3. The molecule has 0 aliphatic carbocycles. The maximum atomic E-state index is 13.2. The number of nitrogens with one attached hydrogen (secondary N) is 1. The van der Waals surface area contributed by atoms with Gasteiger partial charge < -0.3 is 4.57 Å². The maximum Gasteiger partial charge on any atom is 0.417 e. The zero-order chi connectivity index (χ0) is 20.5. The van der Waals surface area contributed by atoms with Crippen LogP contribution >= 0.6 is 11.6 Å². The van der Waals surface area contributed by atoms with Gasteiger partial charge in [0.05, 0.1) is 16.8 Å². The molecule has 0 unspecified atom stereocenters. The molecule has 0 aliphatic rings. The average molecular weight is 430 g/mol. The molecule has 0 amide bonds. The summed E-state index contributed by atoms with van der Waals surface area (Å²) in [6.45, 7) is 1.55. The second-order valence-electron chi connectivity index (χ2n) is 6.04. The molecule has 5 nitrogen and oxygen atoms in total. The first kappa shape index (κ1) is 20.4. The van der Waals surface area contributed by atoms with E-state index in [0.29, 0.717) is 11.6 Å². The summed E-state index contributed by atoms with van der Waals surface area (Å²) in [6, 6.07) is 8.69. The number of halogens is 4. The summed E-state index contributed by atoms with van der Waals surface area (Å²) in [7, 11) is -4.44. The van der Waals surface area contributed by atoms with Crippen molar-refractivity contribution in [1.82, 2.24) is 14.3 Å². The third-order valence-electron chi connectivity index (χ3n) is 4.06. The number of nitrogens with zero attached hydrogens (tertiary/aromatic N) is 2. The molecule has 2 aromatic carbocycles. The van der Waals surface area contributed by atoms with E-state index >= 15 is 0 Å². The van der Waals surface area contributed by atoms with Crippen LogP contribution in [0.15, 0.2) is 66.1 Å². The molecule has 0 spiro atoms. The predicted octanol–water partition coefficient (Wildman–Crippen LogP) is 4.58. The van der Waals surface area contributed by atoms with Gasteiger partial charge in [0.15, 0.2) is 0 Å². The Morgan fingerprint density at radius 1 is 1.14 bits per heavy atom. The molecule has 28 heavy (non-hydrogen) atoms. The van der Waals surface area contributed by atoms with Gasteiger partial charge in [-0.3, -0.25) is 0 Å². The summed E-state index contributed by atoms with van der Waals surface area (Å²) in [5, 5.41) is -0.200. The Balaban J connectivity index is 1.87. The summed E-state index contributed by atoms with van der Waals surface area (Å²) in [5.74, 6) is 0. The van der Waals surface area contributed by atoms with Crippen LogP contribution in [0.5, 0.6) is 0 Å². The zero-order valence-corrected chi connectivity index (χ0v) is 16.1. The topological polar surface area (TPSA) is 64.0 Å². The van der Waals surface area contributed by atoms with Crippen molar-refractivity contribution in [2.75, 3.05) is 0 Å². The van der Waals surface area contributed by atoms with Crippen LogP contribution in [-0.4, -0.2) is 18.0 Å². The van der Waals surface area contributed by atoms with Gasteiger partial charge in [0.1, 0.15) is 0 Å². The Morgan fingerprint density at radius 3 is 2.39 bits per heavy atom.